The van der Waals surface area contributed by atoms with Gasteiger partial charge < -0.3 is 10.6 Å². The largest absolute Gasteiger partial charge is 0.357 e. The van der Waals surface area contributed by atoms with Crippen LogP contribution in [0.4, 0.5) is 0 Å². The van der Waals surface area contributed by atoms with Crippen molar-refractivity contribution in [3.05, 3.63) is 64.7 Å². The normalized spacial score (nSPS) is 12.0. The van der Waals surface area contributed by atoms with Crippen LogP contribution in [0.5, 0.6) is 0 Å². The summed E-state index contributed by atoms with van der Waals surface area (Å²) in [5.41, 5.74) is 2.00. The molecule has 0 bridgehead atoms. The fourth-order valence-electron chi connectivity index (χ4n) is 2.19. The van der Waals surface area contributed by atoms with Crippen LogP contribution < -0.4 is 10.6 Å². The SMILES string of the molecule is CCNC(=NCc1cccc(Cl)c1)NCc1ccc(S(C)(=O)=O)cc1. The van der Waals surface area contributed by atoms with Gasteiger partial charge in [-0.2, -0.15) is 0 Å². The van der Waals surface area contributed by atoms with Gasteiger partial charge in [0.1, 0.15) is 0 Å². The number of nitrogens with one attached hydrogen (secondary N) is 2. The number of nitrogens with zero attached hydrogens (tertiary/aromatic N) is 1. The maximum atomic E-state index is 11.5. The van der Waals surface area contributed by atoms with Crippen molar-refractivity contribution in [2.45, 2.75) is 24.9 Å². The van der Waals surface area contributed by atoms with E-state index < -0.39 is 9.84 Å². The third kappa shape index (κ3) is 6.40. The Balaban J connectivity index is 2.00. The Labute approximate surface area is 154 Å². The third-order valence-corrected chi connectivity index (χ3v) is 4.83. The predicted molar refractivity (Wildman–Crippen MR) is 103 cm³/mol. The van der Waals surface area contributed by atoms with Gasteiger partial charge in [0, 0.05) is 24.4 Å². The summed E-state index contributed by atoms with van der Waals surface area (Å²) in [6.07, 6.45) is 1.20. The molecule has 0 aromatic heterocycles. The zero-order chi connectivity index (χ0) is 18.3. The van der Waals surface area contributed by atoms with Crippen molar-refractivity contribution >= 4 is 27.4 Å². The predicted octanol–water partition coefficient (Wildman–Crippen LogP) is 3.00. The van der Waals surface area contributed by atoms with E-state index in [0.29, 0.717) is 29.0 Å². The van der Waals surface area contributed by atoms with Gasteiger partial charge in [-0.05, 0) is 42.3 Å². The van der Waals surface area contributed by atoms with Crippen molar-refractivity contribution in [1.29, 1.82) is 0 Å². The second-order valence-corrected chi connectivity index (χ2v) is 8.05. The Kier molecular flexibility index (Phi) is 6.84. The molecule has 0 heterocycles. The quantitative estimate of drug-likeness (QED) is 0.598. The van der Waals surface area contributed by atoms with Crippen molar-refractivity contribution in [2.24, 2.45) is 4.99 Å². The first-order chi connectivity index (χ1) is 11.9. The van der Waals surface area contributed by atoms with Crippen LogP contribution in [0.1, 0.15) is 18.1 Å². The number of aliphatic imine (C=N–C) groups is 1. The zero-order valence-electron chi connectivity index (χ0n) is 14.3. The molecule has 0 saturated heterocycles. The maximum Gasteiger partial charge on any atom is 0.191 e. The monoisotopic (exact) mass is 379 g/mol. The highest BCUT2D eigenvalue weighted by Crippen LogP contribution is 2.12. The summed E-state index contributed by atoms with van der Waals surface area (Å²) in [4.78, 5) is 4.85. The van der Waals surface area contributed by atoms with E-state index >= 15 is 0 Å². The number of hydrogen-bond donors (Lipinski definition) is 2. The first-order valence-electron chi connectivity index (χ1n) is 7.94. The Morgan fingerprint density at radius 1 is 1.08 bits per heavy atom. The van der Waals surface area contributed by atoms with Crippen LogP contribution in [0.3, 0.4) is 0 Å². The van der Waals surface area contributed by atoms with Crippen molar-refractivity contribution < 1.29 is 8.42 Å². The number of sulfone groups is 1. The lowest BCUT2D eigenvalue weighted by Gasteiger charge is -2.12. The second-order valence-electron chi connectivity index (χ2n) is 5.59. The molecule has 0 aliphatic heterocycles. The van der Waals surface area contributed by atoms with E-state index in [4.69, 9.17) is 11.6 Å². The summed E-state index contributed by atoms with van der Waals surface area (Å²) in [6, 6.07) is 14.4. The Hall–Kier alpha value is -2.05. The molecule has 0 radical (unpaired) electrons. The summed E-state index contributed by atoms with van der Waals surface area (Å²) in [5, 5.41) is 7.11. The second kappa shape index (κ2) is 8.87. The maximum absolute atomic E-state index is 11.5. The third-order valence-electron chi connectivity index (χ3n) is 3.46. The standard InChI is InChI=1S/C18H22ClN3O2S/c1-3-20-18(22-13-15-5-4-6-16(19)11-15)21-12-14-7-9-17(10-8-14)25(2,23)24/h4-11H,3,12-13H2,1-2H3,(H2,20,21,22). The van der Waals surface area contributed by atoms with Crippen molar-refractivity contribution in [2.75, 3.05) is 12.8 Å². The molecule has 0 atom stereocenters. The minimum atomic E-state index is -3.17. The van der Waals surface area contributed by atoms with Gasteiger partial charge in [-0.3, -0.25) is 0 Å². The molecule has 2 aromatic rings. The highest BCUT2D eigenvalue weighted by atomic mass is 35.5. The topological polar surface area (TPSA) is 70.6 Å². The van der Waals surface area contributed by atoms with Gasteiger partial charge in [0.2, 0.25) is 0 Å². The molecule has 0 fully saturated rings. The summed E-state index contributed by atoms with van der Waals surface area (Å²) in [7, 11) is -3.17. The minimum Gasteiger partial charge on any atom is -0.357 e. The Bertz CT molecular complexity index is 834. The lowest BCUT2D eigenvalue weighted by molar-refractivity contribution is 0.602. The molecule has 0 unspecified atom stereocenters. The lowest BCUT2D eigenvalue weighted by Crippen LogP contribution is -2.36. The molecule has 0 saturated carbocycles. The number of rotatable bonds is 6. The van der Waals surface area contributed by atoms with Gasteiger partial charge in [-0.15, -0.1) is 0 Å². The molecular formula is C18H22ClN3O2S. The summed E-state index contributed by atoms with van der Waals surface area (Å²) < 4.78 is 23.0. The van der Waals surface area contributed by atoms with Crippen LogP contribution in [0.15, 0.2) is 58.4 Å². The fraction of sp³-hybridized carbons (Fsp3) is 0.278. The van der Waals surface area contributed by atoms with Crippen molar-refractivity contribution in [3.63, 3.8) is 0 Å². The van der Waals surface area contributed by atoms with Crippen LogP contribution in [-0.2, 0) is 22.9 Å². The first kappa shape index (κ1) is 19.3. The molecule has 134 valence electrons. The average Bonchev–Trinajstić information content (AvgIpc) is 2.57. The van der Waals surface area contributed by atoms with Gasteiger partial charge in [-0.1, -0.05) is 35.9 Å². The lowest BCUT2D eigenvalue weighted by atomic mass is 10.2. The number of guanidine groups is 1. The molecule has 2 aromatic carbocycles. The van der Waals surface area contributed by atoms with E-state index in [2.05, 4.69) is 15.6 Å². The molecular weight excluding hydrogens is 358 g/mol. The van der Waals surface area contributed by atoms with E-state index in [1.807, 2.05) is 31.2 Å². The zero-order valence-corrected chi connectivity index (χ0v) is 15.9. The van der Waals surface area contributed by atoms with Crippen LogP contribution in [0, 0.1) is 0 Å². The van der Waals surface area contributed by atoms with Crippen LogP contribution >= 0.6 is 11.6 Å². The minimum absolute atomic E-state index is 0.317. The molecule has 5 nitrogen and oxygen atoms in total. The average molecular weight is 380 g/mol. The Morgan fingerprint density at radius 3 is 2.40 bits per heavy atom. The van der Waals surface area contributed by atoms with E-state index in [-0.39, 0.29) is 0 Å². The van der Waals surface area contributed by atoms with Gasteiger partial charge in [0.05, 0.1) is 11.4 Å². The summed E-state index contributed by atoms with van der Waals surface area (Å²) in [5.74, 6) is 0.690. The van der Waals surface area contributed by atoms with Gasteiger partial charge in [0.25, 0.3) is 0 Å². The van der Waals surface area contributed by atoms with Crippen LogP contribution in [0.25, 0.3) is 0 Å². The molecule has 0 aliphatic rings. The number of hydrogen-bond acceptors (Lipinski definition) is 3. The molecule has 0 aliphatic carbocycles. The van der Waals surface area contributed by atoms with E-state index in [0.717, 1.165) is 17.7 Å². The summed E-state index contributed by atoms with van der Waals surface area (Å²) >= 11 is 5.98. The van der Waals surface area contributed by atoms with E-state index in [9.17, 15) is 8.42 Å². The smallest absolute Gasteiger partial charge is 0.191 e. The number of benzene rings is 2. The highest BCUT2D eigenvalue weighted by molar-refractivity contribution is 7.90. The van der Waals surface area contributed by atoms with E-state index in [1.165, 1.54) is 6.26 Å². The summed E-state index contributed by atoms with van der Waals surface area (Å²) in [6.45, 7) is 3.81. The van der Waals surface area contributed by atoms with Gasteiger partial charge in [0.15, 0.2) is 15.8 Å². The molecule has 2 N–H and O–H groups in total. The molecule has 0 amide bonds. The van der Waals surface area contributed by atoms with Crippen molar-refractivity contribution in [1.82, 2.24) is 10.6 Å². The van der Waals surface area contributed by atoms with Crippen LogP contribution in [0.2, 0.25) is 5.02 Å². The van der Waals surface area contributed by atoms with Gasteiger partial charge in [-0.25, -0.2) is 13.4 Å². The first-order valence-corrected chi connectivity index (χ1v) is 10.2. The van der Waals surface area contributed by atoms with Crippen molar-refractivity contribution in [3.8, 4) is 0 Å². The molecule has 7 heteroatoms. The highest BCUT2D eigenvalue weighted by Gasteiger charge is 2.06. The van der Waals surface area contributed by atoms with Crippen LogP contribution in [-0.4, -0.2) is 27.2 Å². The molecule has 2 rings (SSSR count). The van der Waals surface area contributed by atoms with E-state index in [1.54, 1.807) is 24.3 Å². The molecule has 0 spiro atoms. The number of halogens is 1. The Morgan fingerprint density at radius 2 is 1.80 bits per heavy atom. The fourth-order valence-corrected chi connectivity index (χ4v) is 3.03. The molecule has 25 heavy (non-hydrogen) atoms. The van der Waals surface area contributed by atoms with Gasteiger partial charge >= 0.3 is 0 Å².